The minimum absolute atomic E-state index is 0.178. The number of allylic oxidation sites excluding steroid dienone is 9. The molecule has 0 radical (unpaired) electrons. The Labute approximate surface area is 194 Å². The molecule has 1 aromatic rings. The molecular formula is C27H32F3NO2. The molecule has 0 saturated heterocycles. The van der Waals surface area contributed by atoms with E-state index in [0.717, 1.165) is 24.1 Å². The van der Waals surface area contributed by atoms with E-state index in [2.05, 4.69) is 32.9 Å². The van der Waals surface area contributed by atoms with Gasteiger partial charge in [0.15, 0.2) is 5.75 Å². The van der Waals surface area contributed by atoms with Gasteiger partial charge in [0.05, 0.1) is 11.3 Å². The molecule has 0 aromatic heterocycles. The van der Waals surface area contributed by atoms with Crippen molar-refractivity contribution in [1.29, 1.82) is 0 Å². The highest BCUT2D eigenvalue weighted by atomic mass is 19.4. The molecule has 1 aromatic carbocycles. The van der Waals surface area contributed by atoms with Crippen LogP contribution in [0.2, 0.25) is 0 Å². The van der Waals surface area contributed by atoms with Crippen LogP contribution in [-0.2, 0) is 11.0 Å². The van der Waals surface area contributed by atoms with Crippen molar-refractivity contribution in [3.05, 3.63) is 82.5 Å². The van der Waals surface area contributed by atoms with E-state index < -0.39 is 23.4 Å². The zero-order chi connectivity index (χ0) is 24.8. The average molecular weight is 460 g/mol. The number of carbonyl (C=O) groups is 1. The minimum atomic E-state index is -4.62. The Morgan fingerprint density at radius 2 is 1.85 bits per heavy atom. The van der Waals surface area contributed by atoms with Gasteiger partial charge in [-0.25, -0.2) is 4.79 Å². The Morgan fingerprint density at radius 1 is 1.15 bits per heavy atom. The van der Waals surface area contributed by atoms with Crippen LogP contribution in [0.4, 0.5) is 18.9 Å². The fourth-order valence-corrected chi connectivity index (χ4v) is 3.88. The van der Waals surface area contributed by atoms with E-state index in [0.29, 0.717) is 5.57 Å². The summed E-state index contributed by atoms with van der Waals surface area (Å²) in [5.41, 5.74) is 8.51. The summed E-state index contributed by atoms with van der Waals surface area (Å²) in [6, 6.07) is 3.21. The first-order chi connectivity index (χ1) is 15.3. The summed E-state index contributed by atoms with van der Waals surface area (Å²) in [6.07, 6.45) is 9.85. The van der Waals surface area contributed by atoms with E-state index in [4.69, 9.17) is 10.5 Å². The van der Waals surface area contributed by atoms with Crippen LogP contribution in [-0.4, -0.2) is 5.97 Å². The van der Waals surface area contributed by atoms with Crippen LogP contribution in [0, 0.1) is 5.41 Å². The third-order valence-corrected chi connectivity index (χ3v) is 5.70. The number of halogens is 3. The van der Waals surface area contributed by atoms with Crippen LogP contribution in [0.25, 0.3) is 0 Å². The second-order valence-corrected chi connectivity index (χ2v) is 9.06. The first-order valence-corrected chi connectivity index (χ1v) is 10.9. The van der Waals surface area contributed by atoms with E-state index >= 15 is 0 Å². The molecule has 0 saturated carbocycles. The largest absolute Gasteiger partial charge is 0.421 e. The number of esters is 1. The lowest BCUT2D eigenvalue weighted by Crippen LogP contribution is -2.19. The molecule has 0 aliphatic heterocycles. The molecule has 0 spiro atoms. The van der Waals surface area contributed by atoms with Gasteiger partial charge >= 0.3 is 12.1 Å². The molecule has 0 bridgehead atoms. The Bertz CT molecular complexity index is 1040. The standard InChI is InChI=1S/C27H32F3NO2/c1-18(14-15-21-20(3)11-8-16-26(21,4)5)9-6-10-19(2)17-24(32)33-23-13-7-12-22(25(23)31)27(28,29)30/h6-7,9-10,12-15,17H,8,11,16,31H2,1-5H3/b10-6+,15-14+,18-9+,19-17+. The quantitative estimate of drug-likeness (QED) is 0.156. The van der Waals surface area contributed by atoms with Crippen molar-refractivity contribution < 1.29 is 22.7 Å². The van der Waals surface area contributed by atoms with Gasteiger partial charge in [0, 0.05) is 6.08 Å². The number of carbonyl (C=O) groups excluding carboxylic acids is 1. The van der Waals surface area contributed by atoms with Crippen LogP contribution < -0.4 is 10.5 Å². The van der Waals surface area contributed by atoms with E-state index in [1.807, 2.05) is 19.1 Å². The van der Waals surface area contributed by atoms with Crippen molar-refractivity contribution in [2.45, 2.75) is 60.1 Å². The first kappa shape index (κ1) is 26.2. The zero-order valence-electron chi connectivity index (χ0n) is 19.8. The van der Waals surface area contributed by atoms with Gasteiger partial charge in [0.2, 0.25) is 0 Å². The van der Waals surface area contributed by atoms with Gasteiger partial charge in [-0.3, -0.25) is 0 Å². The molecule has 178 valence electrons. The number of nitrogens with two attached hydrogens (primary N) is 1. The van der Waals surface area contributed by atoms with Crippen LogP contribution >= 0.6 is 0 Å². The monoisotopic (exact) mass is 459 g/mol. The number of anilines is 1. The Balaban J connectivity index is 2.04. The number of benzene rings is 1. The summed E-state index contributed by atoms with van der Waals surface area (Å²) in [6.45, 7) is 10.4. The van der Waals surface area contributed by atoms with Gasteiger partial charge in [0.25, 0.3) is 0 Å². The molecule has 3 nitrogen and oxygen atoms in total. The van der Waals surface area contributed by atoms with Crippen molar-refractivity contribution in [3.8, 4) is 5.75 Å². The number of rotatable bonds is 6. The number of ether oxygens (including phenoxy) is 1. The molecule has 1 aliphatic carbocycles. The van der Waals surface area contributed by atoms with Crippen LogP contribution in [0.5, 0.6) is 5.75 Å². The van der Waals surface area contributed by atoms with Gasteiger partial charge in [-0.2, -0.15) is 13.2 Å². The maximum atomic E-state index is 12.9. The second kappa shape index (κ2) is 10.7. The van der Waals surface area contributed by atoms with Crippen molar-refractivity contribution >= 4 is 11.7 Å². The summed E-state index contributed by atoms with van der Waals surface area (Å²) in [5.74, 6) is -1.12. The van der Waals surface area contributed by atoms with E-state index in [9.17, 15) is 18.0 Å². The SMILES string of the molecule is CC1=C(/C=C/C(C)=C/C=C/C(C)=C/C(=O)Oc2cccc(C(F)(F)F)c2N)C(C)(C)CCC1. The molecule has 2 N–H and O–H groups in total. The number of para-hydroxylation sites is 1. The zero-order valence-corrected chi connectivity index (χ0v) is 19.8. The topological polar surface area (TPSA) is 52.3 Å². The van der Waals surface area contributed by atoms with E-state index in [-0.39, 0.29) is 11.2 Å². The number of alkyl halides is 3. The maximum absolute atomic E-state index is 12.9. The molecular weight excluding hydrogens is 427 g/mol. The molecule has 6 heteroatoms. The lowest BCUT2D eigenvalue weighted by molar-refractivity contribution is -0.137. The molecule has 0 fully saturated rings. The first-order valence-electron chi connectivity index (χ1n) is 10.9. The van der Waals surface area contributed by atoms with Crippen LogP contribution in [0.3, 0.4) is 0 Å². The molecule has 0 amide bonds. The molecule has 0 unspecified atom stereocenters. The highest BCUT2D eigenvalue weighted by Gasteiger charge is 2.34. The van der Waals surface area contributed by atoms with Crippen LogP contribution in [0.15, 0.2) is 76.9 Å². The summed E-state index contributed by atoms with van der Waals surface area (Å²) < 4.78 is 43.8. The predicted molar refractivity (Wildman–Crippen MR) is 128 cm³/mol. The Morgan fingerprint density at radius 3 is 2.48 bits per heavy atom. The van der Waals surface area contributed by atoms with E-state index in [1.165, 1.54) is 36.1 Å². The lowest BCUT2D eigenvalue weighted by atomic mass is 9.72. The van der Waals surface area contributed by atoms with Crippen molar-refractivity contribution in [2.75, 3.05) is 5.73 Å². The number of hydrogen-bond donors (Lipinski definition) is 1. The molecule has 0 heterocycles. The second-order valence-electron chi connectivity index (χ2n) is 9.06. The predicted octanol–water partition coefficient (Wildman–Crippen LogP) is 7.72. The van der Waals surface area contributed by atoms with Gasteiger partial charge in [-0.1, -0.05) is 61.4 Å². The van der Waals surface area contributed by atoms with E-state index in [1.54, 1.807) is 13.0 Å². The lowest BCUT2D eigenvalue weighted by Gasteiger charge is -2.32. The fraction of sp³-hybridized carbons (Fsp3) is 0.370. The van der Waals surface area contributed by atoms with Crippen LogP contribution in [0.1, 0.15) is 59.4 Å². The minimum Gasteiger partial charge on any atom is -0.421 e. The fourth-order valence-electron chi connectivity index (χ4n) is 3.88. The van der Waals surface area contributed by atoms with Crippen molar-refractivity contribution in [1.82, 2.24) is 0 Å². The highest BCUT2D eigenvalue weighted by molar-refractivity contribution is 5.86. The summed E-state index contributed by atoms with van der Waals surface area (Å²) in [5, 5.41) is 0. The Kier molecular flexibility index (Phi) is 8.53. The molecule has 2 rings (SSSR count). The van der Waals surface area contributed by atoms with Crippen molar-refractivity contribution in [3.63, 3.8) is 0 Å². The summed E-state index contributed by atoms with van der Waals surface area (Å²) in [4.78, 5) is 12.1. The Hall–Kier alpha value is -3.02. The third kappa shape index (κ3) is 7.52. The smallest absolute Gasteiger partial charge is 0.418 e. The summed E-state index contributed by atoms with van der Waals surface area (Å²) >= 11 is 0. The van der Waals surface area contributed by atoms with Gasteiger partial charge < -0.3 is 10.5 Å². The average Bonchev–Trinajstić information content (AvgIpc) is 2.67. The molecule has 0 atom stereocenters. The van der Waals surface area contributed by atoms with Crippen molar-refractivity contribution in [2.24, 2.45) is 5.41 Å². The normalized spacial score (nSPS) is 17.8. The molecule has 1 aliphatic rings. The van der Waals surface area contributed by atoms with Gasteiger partial charge in [0.1, 0.15) is 0 Å². The van der Waals surface area contributed by atoms with Gasteiger partial charge in [-0.15, -0.1) is 0 Å². The number of hydrogen-bond acceptors (Lipinski definition) is 3. The van der Waals surface area contributed by atoms with Gasteiger partial charge in [-0.05, 0) is 68.7 Å². The maximum Gasteiger partial charge on any atom is 0.418 e. The number of nitrogen functional groups attached to an aromatic ring is 1. The summed E-state index contributed by atoms with van der Waals surface area (Å²) in [7, 11) is 0. The third-order valence-electron chi connectivity index (χ3n) is 5.70. The highest BCUT2D eigenvalue weighted by Crippen LogP contribution is 2.41. The molecule has 33 heavy (non-hydrogen) atoms.